The van der Waals surface area contributed by atoms with Gasteiger partial charge in [-0.25, -0.2) is 13.8 Å². The fraction of sp³-hybridized carbons (Fsp3) is 0.444. The van der Waals surface area contributed by atoms with Crippen molar-refractivity contribution in [2.75, 3.05) is 14.2 Å². The molecular formula is C9H10ClF2NO2. The molecule has 0 bridgehead atoms. The maximum Gasteiger partial charge on any atom is 0.267 e. The first-order valence-electron chi connectivity index (χ1n) is 4.09. The minimum absolute atomic E-state index is 0.0293. The first kappa shape index (κ1) is 12.0. The van der Waals surface area contributed by atoms with E-state index < -0.39 is 6.43 Å². The molecule has 0 saturated heterocycles. The van der Waals surface area contributed by atoms with Crippen molar-refractivity contribution in [3.05, 3.63) is 17.3 Å². The number of rotatable bonds is 4. The van der Waals surface area contributed by atoms with Crippen LogP contribution < -0.4 is 9.47 Å². The summed E-state index contributed by atoms with van der Waals surface area (Å²) in [5, 5.41) is 0. The molecule has 1 aromatic heterocycles. The Hall–Kier alpha value is -1.10. The van der Waals surface area contributed by atoms with Gasteiger partial charge in [0.05, 0.1) is 19.8 Å². The van der Waals surface area contributed by atoms with Gasteiger partial charge in [0.25, 0.3) is 12.3 Å². The molecule has 6 heteroatoms. The molecule has 0 fully saturated rings. The predicted molar refractivity (Wildman–Crippen MR) is 51.9 cm³/mol. The number of aromatic nitrogens is 1. The number of hydrogen-bond donors (Lipinski definition) is 0. The molecule has 0 atom stereocenters. The number of halogens is 3. The molecule has 0 saturated carbocycles. The van der Waals surface area contributed by atoms with Gasteiger partial charge >= 0.3 is 0 Å². The average molecular weight is 238 g/mol. The average Bonchev–Trinajstić information content (AvgIpc) is 2.26. The van der Waals surface area contributed by atoms with Crippen LogP contribution in [0.3, 0.4) is 0 Å². The molecule has 0 radical (unpaired) electrons. The Morgan fingerprint density at radius 1 is 1.40 bits per heavy atom. The van der Waals surface area contributed by atoms with Crippen molar-refractivity contribution in [3.8, 4) is 11.6 Å². The number of alkyl halides is 3. The molecule has 1 heterocycles. The van der Waals surface area contributed by atoms with E-state index in [9.17, 15) is 8.78 Å². The smallest absolute Gasteiger partial charge is 0.267 e. The molecule has 15 heavy (non-hydrogen) atoms. The monoisotopic (exact) mass is 237 g/mol. The second kappa shape index (κ2) is 5.11. The Bertz CT molecular complexity index is 347. The summed E-state index contributed by atoms with van der Waals surface area (Å²) in [6.07, 6.45) is -1.42. The zero-order valence-corrected chi connectivity index (χ0v) is 9.02. The van der Waals surface area contributed by atoms with Crippen LogP contribution >= 0.6 is 11.6 Å². The highest BCUT2D eigenvalue weighted by Gasteiger charge is 2.23. The maximum absolute atomic E-state index is 12.8. The Kier molecular flexibility index (Phi) is 4.08. The van der Waals surface area contributed by atoms with Gasteiger partial charge in [-0.2, -0.15) is 0 Å². The van der Waals surface area contributed by atoms with E-state index in [4.69, 9.17) is 21.1 Å². The number of nitrogens with zero attached hydrogens (tertiary/aromatic N) is 1. The molecule has 1 aromatic rings. The molecule has 0 unspecified atom stereocenters. The molecule has 3 nitrogen and oxygen atoms in total. The molecular weight excluding hydrogens is 228 g/mol. The Balaban J connectivity index is 3.37. The normalized spacial score (nSPS) is 10.5. The molecule has 84 valence electrons. The molecule has 0 aromatic carbocycles. The number of ether oxygens (including phenoxy) is 2. The van der Waals surface area contributed by atoms with E-state index in [1.54, 1.807) is 0 Å². The van der Waals surface area contributed by atoms with Gasteiger partial charge < -0.3 is 9.47 Å². The van der Waals surface area contributed by atoms with Crippen LogP contribution in [-0.4, -0.2) is 19.2 Å². The van der Waals surface area contributed by atoms with Gasteiger partial charge in [0, 0.05) is 12.1 Å². The van der Waals surface area contributed by atoms with Crippen LogP contribution in [0.25, 0.3) is 0 Å². The highest BCUT2D eigenvalue weighted by atomic mass is 35.5. The summed E-state index contributed by atoms with van der Waals surface area (Å²) in [5.41, 5.74) is -0.0244. The maximum atomic E-state index is 12.8. The first-order valence-corrected chi connectivity index (χ1v) is 4.63. The van der Waals surface area contributed by atoms with Crippen molar-refractivity contribution in [2.24, 2.45) is 0 Å². The third-order valence-electron chi connectivity index (χ3n) is 1.88. The standard InChI is InChI=1S/C9H10ClF2NO2/c1-14-7-6(8(11)12)5(3-10)4-13-9(7)15-2/h4,8H,3H2,1-2H3. The topological polar surface area (TPSA) is 31.4 Å². The molecule has 0 spiro atoms. The highest BCUT2D eigenvalue weighted by molar-refractivity contribution is 6.17. The lowest BCUT2D eigenvalue weighted by molar-refractivity contribution is 0.144. The van der Waals surface area contributed by atoms with Gasteiger partial charge in [0.15, 0.2) is 5.75 Å². The van der Waals surface area contributed by atoms with Crippen molar-refractivity contribution in [1.29, 1.82) is 0 Å². The molecule has 0 aliphatic carbocycles. The summed E-state index contributed by atoms with van der Waals surface area (Å²) >= 11 is 5.53. The van der Waals surface area contributed by atoms with Gasteiger partial charge in [-0.05, 0) is 5.56 Å². The van der Waals surface area contributed by atoms with Gasteiger partial charge in [-0.15, -0.1) is 11.6 Å². The van der Waals surface area contributed by atoms with Crippen LogP contribution in [0.15, 0.2) is 6.20 Å². The van der Waals surface area contributed by atoms with Crippen molar-refractivity contribution in [3.63, 3.8) is 0 Å². The van der Waals surface area contributed by atoms with E-state index in [0.717, 1.165) is 0 Å². The van der Waals surface area contributed by atoms with Crippen LogP contribution in [0.5, 0.6) is 11.6 Å². The summed E-state index contributed by atoms with van der Waals surface area (Å²) in [4.78, 5) is 3.82. The van der Waals surface area contributed by atoms with E-state index in [1.165, 1.54) is 20.4 Å². The van der Waals surface area contributed by atoms with Crippen molar-refractivity contribution in [2.45, 2.75) is 12.3 Å². The fourth-order valence-corrected chi connectivity index (χ4v) is 1.43. The van der Waals surface area contributed by atoms with Gasteiger partial charge in [0.1, 0.15) is 0 Å². The first-order chi connectivity index (χ1) is 7.15. The number of hydrogen-bond acceptors (Lipinski definition) is 3. The van der Waals surface area contributed by atoms with E-state index >= 15 is 0 Å². The third-order valence-corrected chi connectivity index (χ3v) is 2.17. The zero-order valence-electron chi connectivity index (χ0n) is 8.26. The SMILES string of the molecule is COc1ncc(CCl)c(C(F)F)c1OC. The lowest BCUT2D eigenvalue weighted by atomic mass is 10.1. The lowest BCUT2D eigenvalue weighted by Gasteiger charge is -2.13. The second-order valence-electron chi connectivity index (χ2n) is 2.67. The number of methoxy groups -OCH3 is 2. The Morgan fingerprint density at radius 2 is 2.07 bits per heavy atom. The molecule has 0 N–H and O–H groups in total. The summed E-state index contributed by atoms with van der Waals surface area (Å²) in [6, 6.07) is 0. The Labute approximate surface area is 91.0 Å². The highest BCUT2D eigenvalue weighted by Crippen LogP contribution is 2.38. The third kappa shape index (κ3) is 2.28. The van der Waals surface area contributed by atoms with E-state index in [1.807, 2.05) is 0 Å². The summed E-state index contributed by atoms with van der Waals surface area (Å²) < 4.78 is 35.2. The van der Waals surface area contributed by atoms with E-state index in [0.29, 0.717) is 0 Å². The lowest BCUT2D eigenvalue weighted by Crippen LogP contribution is -2.02. The van der Waals surface area contributed by atoms with Crippen LogP contribution in [0.1, 0.15) is 17.6 Å². The zero-order chi connectivity index (χ0) is 11.4. The van der Waals surface area contributed by atoms with Crippen LogP contribution in [0, 0.1) is 0 Å². The minimum atomic E-state index is -2.68. The summed E-state index contributed by atoms with van der Waals surface area (Å²) in [7, 11) is 2.61. The predicted octanol–water partition coefficient (Wildman–Crippen LogP) is 2.78. The quantitative estimate of drug-likeness (QED) is 0.755. The molecule has 0 aliphatic heterocycles. The second-order valence-corrected chi connectivity index (χ2v) is 2.94. The van der Waals surface area contributed by atoms with Gasteiger partial charge in [0.2, 0.25) is 0 Å². The van der Waals surface area contributed by atoms with Gasteiger partial charge in [-0.3, -0.25) is 0 Å². The minimum Gasteiger partial charge on any atom is -0.491 e. The molecule has 0 aliphatic rings. The van der Waals surface area contributed by atoms with Crippen molar-refractivity contribution >= 4 is 11.6 Å². The van der Waals surface area contributed by atoms with Crippen LogP contribution in [0.4, 0.5) is 8.78 Å². The van der Waals surface area contributed by atoms with Gasteiger partial charge in [-0.1, -0.05) is 0 Å². The van der Waals surface area contributed by atoms with Crippen molar-refractivity contribution in [1.82, 2.24) is 4.98 Å². The van der Waals surface area contributed by atoms with Crippen molar-refractivity contribution < 1.29 is 18.3 Å². The summed E-state index contributed by atoms with van der Waals surface area (Å²) in [5.74, 6) is -0.0835. The van der Waals surface area contributed by atoms with Crippen LogP contribution in [0.2, 0.25) is 0 Å². The Morgan fingerprint density at radius 3 is 2.47 bits per heavy atom. The largest absolute Gasteiger partial charge is 0.491 e. The van der Waals surface area contributed by atoms with Crippen LogP contribution in [-0.2, 0) is 5.88 Å². The summed E-state index contributed by atoms with van der Waals surface area (Å²) in [6.45, 7) is 0. The van der Waals surface area contributed by atoms with E-state index in [-0.39, 0.29) is 28.6 Å². The van der Waals surface area contributed by atoms with E-state index in [2.05, 4.69) is 4.98 Å². The molecule has 1 rings (SSSR count). The fourth-order valence-electron chi connectivity index (χ4n) is 1.21. The number of pyridine rings is 1. The molecule has 0 amide bonds.